The summed E-state index contributed by atoms with van der Waals surface area (Å²) >= 11 is 0. The molecule has 0 aromatic heterocycles. The van der Waals surface area contributed by atoms with Crippen molar-refractivity contribution >= 4 is 61.8 Å². The molecule has 0 spiro atoms. The molecule has 0 aromatic carbocycles. The van der Waals surface area contributed by atoms with E-state index < -0.39 is 47.6 Å². The largest absolute Gasteiger partial charge is 0.397 e. The van der Waals surface area contributed by atoms with Crippen LogP contribution >= 0.6 is 0 Å². The molecule has 17 heavy (non-hydrogen) atoms. The first-order chi connectivity index (χ1) is 7.22. The summed E-state index contributed by atoms with van der Waals surface area (Å²) in [6.45, 7) is -0.749. The number of hydrogen-bond acceptors (Lipinski definition) is 8. The molecule has 0 aliphatic carbocycles. The van der Waals surface area contributed by atoms with E-state index in [-0.39, 0.29) is 51.4 Å². The molecule has 0 saturated carbocycles. The van der Waals surface area contributed by atoms with Crippen LogP contribution < -0.4 is 5.73 Å². The Bertz CT molecular complexity index is 337. The molecule has 1 rings (SSSR count). The summed E-state index contributed by atoms with van der Waals surface area (Å²) in [5.41, 5.74) is 5.26. The first-order valence-electron chi connectivity index (χ1n) is 4.29. The number of hydrogen-bond donors (Lipinski definition) is 5. The molecular formula is C6H13KNO8S. The molecule has 9 nitrogen and oxygen atoms in total. The SMILES string of the molecule is N[C@H]1C(O)O[C@H](COS(=O)(=O)O)[C@@H](O)[C@@H]1O.[K]. The van der Waals surface area contributed by atoms with Gasteiger partial charge in [0.15, 0.2) is 6.29 Å². The van der Waals surface area contributed by atoms with E-state index in [2.05, 4.69) is 4.18 Å². The number of ether oxygens (including phenoxy) is 1. The number of rotatable bonds is 3. The fourth-order valence-corrected chi connectivity index (χ4v) is 1.56. The minimum Gasteiger partial charge on any atom is -0.388 e. The van der Waals surface area contributed by atoms with Crippen molar-refractivity contribution in [3.05, 3.63) is 0 Å². The second-order valence-electron chi connectivity index (χ2n) is 3.34. The van der Waals surface area contributed by atoms with Crippen LogP contribution in [-0.2, 0) is 19.3 Å². The van der Waals surface area contributed by atoms with Gasteiger partial charge in [-0.1, -0.05) is 0 Å². The van der Waals surface area contributed by atoms with E-state index in [0.717, 1.165) is 0 Å². The van der Waals surface area contributed by atoms with Crippen LogP contribution in [0.1, 0.15) is 0 Å². The third kappa shape index (κ3) is 5.44. The maximum absolute atomic E-state index is 10.3. The van der Waals surface area contributed by atoms with E-state index >= 15 is 0 Å². The summed E-state index contributed by atoms with van der Waals surface area (Å²) in [6, 6.07) is -1.21. The van der Waals surface area contributed by atoms with Crippen molar-refractivity contribution in [3.8, 4) is 0 Å². The molecule has 6 N–H and O–H groups in total. The molecule has 1 aliphatic rings. The van der Waals surface area contributed by atoms with Crippen molar-refractivity contribution in [2.45, 2.75) is 30.6 Å². The van der Waals surface area contributed by atoms with Gasteiger partial charge in [-0.15, -0.1) is 0 Å². The van der Waals surface area contributed by atoms with Crippen molar-refractivity contribution in [1.82, 2.24) is 0 Å². The van der Waals surface area contributed by atoms with Crippen LogP contribution in [0.2, 0.25) is 0 Å². The van der Waals surface area contributed by atoms with Crippen molar-refractivity contribution in [1.29, 1.82) is 0 Å². The van der Waals surface area contributed by atoms with Crippen LogP contribution in [0.15, 0.2) is 0 Å². The Morgan fingerprint density at radius 1 is 1.24 bits per heavy atom. The standard InChI is InChI=1S/C6H13NO8S.K/c7-3-5(9)4(8)2(15-6(3)10)1-14-16(11,12)13;/h2-6,8-10H,1,7H2,(H,11,12,13);/t2-,3-,4-,5-,6?;/m1./s1. The van der Waals surface area contributed by atoms with Crippen LogP contribution in [0, 0.1) is 0 Å². The van der Waals surface area contributed by atoms with Gasteiger partial charge >= 0.3 is 10.4 Å². The minimum atomic E-state index is -4.68. The Kier molecular flexibility index (Phi) is 7.74. The average molecular weight is 298 g/mol. The van der Waals surface area contributed by atoms with E-state index in [0.29, 0.717) is 0 Å². The zero-order valence-corrected chi connectivity index (χ0v) is 12.9. The zero-order valence-electron chi connectivity index (χ0n) is 9.00. The van der Waals surface area contributed by atoms with E-state index in [1.807, 2.05) is 0 Å². The third-order valence-corrected chi connectivity index (χ3v) is 2.58. The predicted molar refractivity (Wildman–Crippen MR) is 54.1 cm³/mol. The van der Waals surface area contributed by atoms with Crippen LogP contribution in [-0.4, -0.2) is 117 Å². The summed E-state index contributed by atoms with van der Waals surface area (Å²) in [5, 5.41) is 27.9. The summed E-state index contributed by atoms with van der Waals surface area (Å²) < 4.78 is 37.4. The van der Waals surface area contributed by atoms with Crippen molar-refractivity contribution in [3.63, 3.8) is 0 Å². The van der Waals surface area contributed by atoms with Crippen molar-refractivity contribution in [2.75, 3.05) is 6.61 Å². The van der Waals surface area contributed by atoms with Crippen LogP contribution in [0.5, 0.6) is 0 Å². The van der Waals surface area contributed by atoms with Crippen LogP contribution in [0.25, 0.3) is 0 Å². The average Bonchev–Trinajstić information content (AvgIpc) is 2.17. The molecule has 1 unspecified atom stereocenters. The molecule has 5 atom stereocenters. The number of aliphatic hydroxyl groups excluding tert-OH is 3. The summed E-state index contributed by atoms with van der Waals surface area (Å²) in [7, 11) is -4.68. The Morgan fingerprint density at radius 3 is 2.24 bits per heavy atom. The van der Waals surface area contributed by atoms with E-state index in [4.69, 9.17) is 15.0 Å². The maximum Gasteiger partial charge on any atom is 0.397 e. The van der Waals surface area contributed by atoms with Gasteiger partial charge in [0.1, 0.15) is 18.3 Å². The third-order valence-electron chi connectivity index (χ3n) is 2.15. The quantitative estimate of drug-likeness (QED) is 0.260. The fourth-order valence-electron chi connectivity index (χ4n) is 1.26. The van der Waals surface area contributed by atoms with Gasteiger partial charge in [0.25, 0.3) is 0 Å². The number of aliphatic hydroxyl groups is 3. The number of nitrogens with two attached hydrogens (primary N) is 1. The van der Waals surface area contributed by atoms with Crippen molar-refractivity contribution in [2.24, 2.45) is 5.73 Å². The normalized spacial score (nSPS) is 38.5. The summed E-state index contributed by atoms with van der Waals surface area (Å²) in [5.74, 6) is 0. The van der Waals surface area contributed by atoms with Gasteiger partial charge in [-0.3, -0.25) is 4.55 Å². The van der Waals surface area contributed by atoms with Gasteiger partial charge in [-0.25, -0.2) is 4.18 Å². The monoisotopic (exact) mass is 298 g/mol. The van der Waals surface area contributed by atoms with Gasteiger partial charge in [0.2, 0.25) is 0 Å². The van der Waals surface area contributed by atoms with E-state index in [1.165, 1.54) is 0 Å². The zero-order chi connectivity index (χ0) is 12.5. The summed E-state index contributed by atoms with van der Waals surface area (Å²) in [6.07, 6.45) is -5.89. The molecule has 1 fully saturated rings. The maximum atomic E-state index is 10.3. The van der Waals surface area contributed by atoms with Gasteiger partial charge in [0.05, 0.1) is 12.6 Å². The first kappa shape index (κ1) is 18.3. The molecule has 1 saturated heterocycles. The Labute approximate surface area is 140 Å². The molecule has 1 heterocycles. The summed E-state index contributed by atoms with van der Waals surface area (Å²) in [4.78, 5) is 0. The molecule has 0 amide bonds. The van der Waals surface area contributed by atoms with Crippen molar-refractivity contribution < 1.29 is 37.2 Å². The predicted octanol–water partition coefficient (Wildman–Crippen LogP) is -3.81. The van der Waals surface area contributed by atoms with Crippen LogP contribution in [0.4, 0.5) is 0 Å². The van der Waals surface area contributed by atoms with E-state index in [9.17, 15) is 23.7 Å². The Morgan fingerprint density at radius 2 is 1.76 bits per heavy atom. The second-order valence-corrected chi connectivity index (χ2v) is 4.43. The minimum absolute atomic E-state index is 0. The molecule has 97 valence electrons. The molecule has 1 radical (unpaired) electrons. The van der Waals surface area contributed by atoms with Gasteiger partial charge in [-0.05, 0) is 0 Å². The topological polar surface area (TPSA) is 160 Å². The molecule has 11 heteroatoms. The van der Waals surface area contributed by atoms with E-state index in [1.54, 1.807) is 0 Å². The fraction of sp³-hybridized carbons (Fsp3) is 1.00. The van der Waals surface area contributed by atoms with Crippen LogP contribution in [0.3, 0.4) is 0 Å². The molecule has 0 aromatic rings. The molecule has 0 bridgehead atoms. The first-order valence-corrected chi connectivity index (χ1v) is 5.66. The second kappa shape index (κ2) is 7.19. The Balaban J connectivity index is 0.00000256. The van der Waals surface area contributed by atoms with Gasteiger partial charge < -0.3 is 25.8 Å². The molecular weight excluding hydrogens is 285 g/mol. The van der Waals surface area contributed by atoms with Gasteiger partial charge in [-0.2, -0.15) is 8.42 Å². The van der Waals surface area contributed by atoms with Gasteiger partial charge in [0, 0.05) is 51.4 Å². The smallest absolute Gasteiger partial charge is 0.388 e. The Hall–Kier alpha value is 1.31. The molecule has 1 aliphatic heterocycles.